The van der Waals surface area contributed by atoms with E-state index in [4.69, 9.17) is 0 Å². The Morgan fingerprint density at radius 2 is 1.76 bits per heavy atom. The lowest BCUT2D eigenvalue weighted by Crippen LogP contribution is -2.45. The average molecular weight is 413 g/mol. The summed E-state index contributed by atoms with van der Waals surface area (Å²) in [6, 6.07) is 13.0. The lowest BCUT2D eigenvalue weighted by molar-refractivity contribution is -0.120. The van der Waals surface area contributed by atoms with Gasteiger partial charge in [0.15, 0.2) is 0 Å². The van der Waals surface area contributed by atoms with Crippen molar-refractivity contribution in [2.45, 2.75) is 62.8 Å². The van der Waals surface area contributed by atoms with Crippen molar-refractivity contribution in [2.24, 2.45) is 0 Å². The zero-order valence-corrected chi connectivity index (χ0v) is 17.7. The van der Waals surface area contributed by atoms with E-state index in [1.54, 1.807) is 12.1 Å². The van der Waals surface area contributed by atoms with E-state index in [1.807, 2.05) is 30.3 Å². The molecule has 1 fully saturated rings. The Labute approximate surface area is 173 Å². The molecule has 1 aliphatic carbocycles. The molecule has 2 aromatic carbocycles. The first-order chi connectivity index (χ1) is 14.0. The lowest BCUT2D eigenvalue weighted by Gasteiger charge is -2.32. The molecule has 6 heteroatoms. The largest absolute Gasteiger partial charge is 0.352 e. The predicted molar refractivity (Wildman–Crippen MR) is 115 cm³/mol. The van der Waals surface area contributed by atoms with Gasteiger partial charge in [-0.05, 0) is 43.0 Å². The smallest absolute Gasteiger partial charge is 0.265 e. The van der Waals surface area contributed by atoms with E-state index in [9.17, 15) is 13.2 Å². The van der Waals surface area contributed by atoms with Crippen LogP contribution in [0.5, 0.6) is 0 Å². The van der Waals surface area contributed by atoms with Gasteiger partial charge in [0, 0.05) is 17.2 Å². The Kier molecular flexibility index (Phi) is 5.63. The highest BCUT2D eigenvalue weighted by Crippen LogP contribution is 2.43. The minimum Gasteiger partial charge on any atom is -0.352 e. The van der Waals surface area contributed by atoms with E-state index in [2.05, 4.69) is 12.2 Å². The molecule has 0 unspecified atom stereocenters. The van der Waals surface area contributed by atoms with Gasteiger partial charge in [0.25, 0.3) is 10.0 Å². The molecule has 0 atom stereocenters. The second kappa shape index (κ2) is 8.19. The van der Waals surface area contributed by atoms with Crippen LogP contribution in [0.25, 0.3) is 11.1 Å². The Bertz CT molecular complexity index is 1010. The number of nitrogens with zero attached hydrogens (tertiary/aromatic N) is 1. The molecule has 2 aliphatic rings. The summed E-state index contributed by atoms with van der Waals surface area (Å²) in [7, 11) is -3.79. The topological polar surface area (TPSA) is 66.5 Å². The van der Waals surface area contributed by atoms with Gasteiger partial charge in [-0.3, -0.25) is 9.10 Å². The summed E-state index contributed by atoms with van der Waals surface area (Å²) in [5.41, 5.74) is 3.30. The first-order valence-corrected chi connectivity index (χ1v) is 12.0. The van der Waals surface area contributed by atoms with Gasteiger partial charge in [0.05, 0.1) is 10.6 Å². The van der Waals surface area contributed by atoms with Crippen LogP contribution in [-0.2, 0) is 21.2 Å². The third kappa shape index (κ3) is 3.90. The molecule has 154 valence electrons. The summed E-state index contributed by atoms with van der Waals surface area (Å²) in [4.78, 5) is 13.1. The summed E-state index contributed by atoms with van der Waals surface area (Å²) in [5.74, 6) is -0.231. The summed E-state index contributed by atoms with van der Waals surface area (Å²) in [6.45, 7) is 1.89. The molecule has 1 heterocycles. The zero-order valence-electron chi connectivity index (χ0n) is 16.9. The van der Waals surface area contributed by atoms with E-state index >= 15 is 0 Å². The molecule has 1 aliphatic heterocycles. The molecule has 0 bridgehead atoms. The second-order valence-corrected chi connectivity index (χ2v) is 9.80. The maximum absolute atomic E-state index is 13.4. The number of carbonyl (C=O) groups is 1. The van der Waals surface area contributed by atoms with Gasteiger partial charge >= 0.3 is 0 Å². The molecule has 1 saturated carbocycles. The normalized spacial score (nSPS) is 18.4. The highest BCUT2D eigenvalue weighted by molar-refractivity contribution is 7.93. The van der Waals surface area contributed by atoms with Crippen LogP contribution in [0, 0.1) is 0 Å². The van der Waals surface area contributed by atoms with Crippen LogP contribution in [0.15, 0.2) is 47.4 Å². The number of benzene rings is 2. The number of fused-ring (bicyclic) bond motifs is 3. The number of amides is 1. The summed E-state index contributed by atoms with van der Waals surface area (Å²) >= 11 is 0. The van der Waals surface area contributed by atoms with Gasteiger partial charge in [-0.15, -0.1) is 0 Å². The number of carbonyl (C=O) groups excluding carboxylic acids is 1. The van der Waals surface area contributed by atoms with E-state index in [0.717, 1.165) is 43.2 Å². The van der Waals surface area contributed by atoms with Crippen LogP contribution < -0.4 is 9.62 Å². The number of aryl methyl sites for hydroxylation is 1. The predicted octanol–water partition coefficient (Wildman–Crippen LogP) is 4.26. The quantitative estimate of drug-likeness (QED) is 0.763. The van der Waals surface area contributed by atoms with Gasteiger partial charge in [-0.25, -0.2) is 8.42 Å². The monoisotopic (exact) mass is 412 g/mol. The van der Waals surface area contributed by atoms with Gasteiger partial charge in [-0.2, -0.15) is 0 Å². The molecule has 0 saturated heterocycles. The van der Waals surface area contributed by atoms with E-state index in [0.29, 0.717) is 11.3 Å². The minimum atomic E-state index is -3.79. The molecule has 1 N–H and O–H groups in total. The molecular formula is C23H28N2O3S. The molecular weight excluding hydrogens is 384 g/mol. The first kappa shape index (κ1) is 20.0. The number of sulfonamides is 1. The Hall–Kier alpha value is -2.34. The van der Waals surface area contributed by atoms with Crippen molar-refractivity contribution in [3.8, 4) is 11.1 Å². The third-order valence-corrected chi connectivity index (χ3v) is 7.81. The SMILES string of the molecule is CCc1ccc2c(c1)-c1ccccc1S(=O)(=O)N2CC(=O)NC1CCCCCC1. The maximum atomic E-state index is 13.4. The lowest BCUT2D eigenvalue weighted by atomic mass is 9.99. The van der Waals surface area contributed by atoms with Gasteiger partial charge in [0.2, 0.25) is 5.91 Å². The molecule has 2 aromatic rings. The van der Waals surface area contributed by atoms with E-state index in [1.165, 1.54) is 17.1 Å². The van der Waals surface area contributed by atoms with E-state index in [-0.39, 0.29) is 23.4 Å². The van der Waals surface area contributed by atoms with Crippen molar-refractivity contribution in [2.75, 3.05) is 10.8 Å². The number of rotatable bonds is 4. The second-order valence-electron chi connectivity index (χ2n) is 7.97. The number of anilines is 1. The van der Waals surface area contributed by atoms with Crippen LogP contribution >= 0.6 is 0 Å². The molecule has 4 rings (SSSR count). The zero-order chi connectivity index (χ0) is 20.4. The van der Waals surface area contributed by atoms with Crippen LogP contribution in [0.1, 0.15) is 51.0 Å². The standard InChI is InChI=1S/C23H28N2O3S/c1-2-17-13-14-21-20(15-17)19-11-7-8-12-22(19)29(27,28)25(21)16-23(26)24-18-9-5-3-4-6-10-18/h7-8,11-15,18H,2-6,9-10,16H2,1H3,(H,24,26). The van der Waals surface area contributed by atoms with Crippen molar-refractivity contribution < 1.29 is 13.2 Å². The van der Waals surface area contributed by atoms with Crippen molar-refractivity contribution in [1.82, 2.24) is 5.32 Å². The first-order valence-electron chi connectivity index (χ1n) is 10.5. The molecule has 5 nitrogen and oxygen atoms in total. The van der Waals surface area contributed by atoms with Crippen molar-refractivity contribution in [3.05, 3.63) is 48.0 Å². The highest BCUT2D eigenvalue weighted by atomic mass is 32.2. The molecule has 1 amide bonds. The Balaban J connectivity index is 1.67. The van der Waals surface area contributed by atoms with Gasteiger partial charge in [0.1, 0.15) is 6.54 Å². The number of hydrogen-bond acceptors (Lipinski definition) is 3. The fraction of sp³-hybridized carbons (Fsp3) is 0.435. The molecule has 0 radical (unpaired) electrons. The summed E-state index contributed by atoms with van der Waals surface area (Å²) in [5, 5.41) is 3.08. The Morgan fingerprint density at radius 3 is 2.48 bits per heavy atom. The molecule has 29 heavy (non-hydrogen) atoms. The number of nitrogens with one attached hydrogen (secondary N) is 1. The number of hydrogen-bond donors (Lipinski definition) is 1. The Morgan fingerprint density at radius 1 is 1.03 bits per heavy atom. The van der Waals surface area contributed by atoms with Crippen LogP contribution in [0.3, 0.4) is 0 Å². The highest BCUT2D eigenvalue weighted by Gasteiger charge is 2.36. The molecule has 0 aromatic heterocycles. The minimum absolute atomic E-state index is 0.145. The van der Waals surface area contributed by atoms with Crippen LogP contribution in [0.2, 0.25) is 0 Å². The van der Waals surface area contributed by atoms with Crippen LogP contribution in [-0.4, -0.2) is 26.9 Å². The van der Waals surface area contributed by atoms with Crippen molar-refractivity contribution >= 4 is 21.6 Å². The third-order valence-electron chi connectivity index (χ3n) is 5.99. The summed E-state index contributed by atoms with van der Waals surface area (Å²) < 4.78 is 28.0. The van der Waals surface area contributed by atoms with Crippen LogP contribution in [0.4, 0.5) is 5.69 Å². The fourth-order valence-corrected chi connectivity index (χ4v) is 6.05. The van der Waals surface area contributed by atoms with Crippen molar-refractivity contribution in [1.29, 1.82) is 0 Å². The van der Waals surface area contributed by atoms with Crippen molar-refractivity contribution in [3.63, 3.8) is 0 Å². The van der Waals surface area contributed by atoms with Gasteiger partial charge in [-0.1, -0.05) is 56.9 Å². The van der Waals surface area contributed by atoms with E-state index < -0.39 is 10.0 Å². The fourth-order valence-electron chi connectivity index (χ4n) is 4.40. The van der Waals surface area contributed by atoms with Gasteiger partial charge < -0.3 is 5.32 Å². The molecule has 0 spiro atoms. The summed E-state index contributed by atoms with van der Waals surface area (Å²) in [6.07, 6.45) is 7.44. The average Bonchev–Trinajstić information content (AvgIpc) is 2.99. The maximum Gasteiger partial charge on any atom is 0.265 e.